The second-order valence-corrected chi connectivity index (χ2v) is 9.22. The third-order valence-electron chi connectivity index (χ3n) is 6.53. The van der Waals surface area contributed by atoms with Crippen LogP contribution in [0.2, 0.25) is 0 Å². The zero-order valence-electron chi connectivity index (χ0n) is 22.4. The maximum absolute atomic E-state index is 13.6. The van der Waals surface area contributed by atoms with Gasteiger partial charge in [-0.15, -0.1) is 0 Å². The highest BCUT2D eigenvalue weighted by molar-refractivity contribution is 7.80. The van der Waals surface area contributed by atoms with Crippen molar-refractivity contribution in [3.8, 4) is 23.0 Å². The molecule has 1 aliphatic rings. The average molecular weight is 551 g/mol. The third-order valence-corrected chi connectivity index (χ3v) is 6.98. The normalized spacial score (nSPS) is 14.2. The van der Waals surface area contributed by atoms with Crippen LogP contribution in [0.25, 0.3) is 6.08 Å². The van der Waals surface area contributed by atoms with E-state index in [9.17, 15) is 9.18 Å². The number of thiocarbonyl (C=S) groups is 1. The standard InChI is InChI=1S/C30H31FN2O5S/c1-35-25-11-7-21(18-27(25)37-3)13-15-32-24(17-20-5-9-23(31)10-6-20)29(34)33(30(32)39)16-14-22-8-12-26(36-2)28(19-22)38-4/h5-12,17-19H,13-16H2,1-4H3/b24-17+. The Morgan fingerprint density at radius 1 is 0.718 bits per heavy atom. The van der Waals surface area contributed by atoms with E-state index >= 15 is 0 Å². The van der Waals surface area contributed by atoms with E-state index < -0.39 is 0 Å². The zero-order valence-corrected chi connectivity index (χ0v) is 23.2. The van der Waals surface area contributed by atoms with Crippen LogP contribution in [0.5, 0.6) is 23.0 Å². The lowest BCUT2D eigenvalue weighted by molar-refractivity contribution is -0.122. The van der Waals surface area contributed by atoms with Crippen molar-refractivity contribution in [3.63, 3.8) is 0 Å². The Morgan fingerprint density at radius 2 is 1.21 bits per heavy atom. The van der Waals surface area contributed by atoms with Crippen LogP contribution >= 0.6 is 12.2 Å². The van der Waals surface area contributed by atoms with Gasteiger partial charge in [-0.3, -0.25) is 9.69 Å². The molecule has 1 fully saturated rings. The van der Waals surface area contributed by atoms with Crippen molar-refractivity contribution in [1.82, 2.24) is 9.80 Å². The molecule has 0 saturated carbocycles. The predicted molar refractivity (Wildman–Crippen MR) is 152 cm³/mol. The number of carbonyl (C=O) groups excluding carboxylic acids is 1. The quantitative estimate of drug-likeness (QED) is 0.243. The van der Waals surface area contributed by atoms with Crippen molar-refractivity contribution in [1.29, 1.82) is 0 Å². The van der Waals surface area contributed by atoms with Crippen molar-refractivity contribution in [3.05, 3.63) is 88.9 Å². The minimum Gasteiger partial charge on any atom is -0.493 e. The summed E-state index contributed by atoms with van der Waals surface area (Å²) in [7, 11) is 6.36. The van der Waals surface area contributed by atoms with Gasteiger partial charge in [0.2, 0.25) is 0 Å². The molecular formula is C30H31FN2O5S. The van der Waals surface area contributed by atoms with Crippen molar-refractivity contribution < 1.29 is 28.1 Å². The van der Waals surface area contributed by atoms with Gasteiger partial charge in [0, 0.05) is 13.1 Å². The average Bonchev–Trinajstić information content (AvgIpc) is 3.18. The van der Waals surface area contributed by atoms with Crippen LogP contribution in [0.1, 0.15) is 16.7 Å². The van der Waals surface area contributed by atoms with Crippen molar-refractivity contribution in [2.45, 2.75) is 12.8 Å². The molecule has 0 unspecified atom stereocenters. The lowest BCUT2D eigenvalue weighted by Gasteiger charge is -2.21. The molecule has 0 bridgehead atoms. The summed E-state index contributed by atoms with van der Waals surface area (Å²) in [5.41, 5.74) is 3.14. The molecule has 1 heterocycles. The van der Waals surface area contributed by atoms with Gasteiger partial charge in [0.25, 0.3) is 5.91 Å². The topological polar surface area (TPSA) is 60.5 Å². The fraction of sp³-hybridized carbons (Fsp3) is 0.267. The third kappa shape index (κ3) is 6.31. The van der Waals surface area contributed by atoms with Gasteiger partial charge in [0.1, 0.15) is 11.5 Å². The fourth-order valence-corrected chi connectivity index (χ4v) is 4.78. The Balaban J connectivity index is 1.57. The second kappa shape index (κ2) is 12.6. The van der Waals surface area contributed by atoms with Crippen LogP contribution in [0.3, 0.4) is 0 Å². The van der Waals surface area contributed by atoms with E-state index in [1.807, 2.05) is 41.3 Å². The number of ether oxygens (including phenoxy) is 4. The monoisotopic (exact) mass is 550 g/mol. The number of halogens is 1. The first-order valence-corrected chi connectivity index (χ1v) is 12.8. The minimum atomic E-state index is -0.340. The van der Waals surface area contributed by atoms with Gasteiger partial charge in [-0.2, -0.15) is 0 Å². The van der Waals surface area contributed by atoms with Crippen molar-refractivity contribution >= 4 is 29.3 Å². The van der Waals surface area contributed by atoms with Crippen LogP contribution in [0.4, 0.5) is 4.39 Å². The molecule has 0 aromatic heterocycles. The van der Waals surface area contributed by atoms with Crippen LogP contribution in [0.15, 0.2) is 66.4 Å². The minimum absolute atomic E-state index is 0.197. The molecule has 1 saturated heterocycles. The van der Waals surface area contributed by atoms with E-state index in [2.05, 4.69) is 0 Å². The van der Waals surface area contributed by atoms with E-state index in [0.717, 1.165) is 11.1 Å². The Hall–Kier alpha value is -4.11. The number of rotatable bonds is 11. The summed E-state index contributed by atoms with van der Waals surface area (Å²) in [6.07, 6.45) is 2.93. The summed E-state index contributed by atoms with van der Waals surface area (Å²) in [5.74, 6) is 2.00. The molecule has 7 nitrogen and oxygen atoms in total. The molecule has 1 aliphatic heterocycles. The number of amides is 1. The molecule has 3 aromatic carbocycles. The van der Waals surface area contributed by atoms with E-state index in [-0.39, 0.29) is 11.7 Å². The molecule has 0 spiro atoms. The summed E-state index contributed by atoms with van der Waals surface area (Å²) in [4.78, 5) is 17.1. The first-order chi connectivity index (χ1) is 18.9. The first-order valence-electron chi connectivity index (χ1n) is 12.4. The number of methoxy groups -OCH3 is 4. The van der Waals surface area contributed by atoms with E-state index in [4.69, 9.17) is 31.2 Å². The summed E-state index contributed by atoms with van der Waals surface area (Å²) in [5, 5.41) is 0.425. The summed E-state index contributed by atoms with van der Waals surface area (Å²) in [6, 6.07) is 17.4. The van der Waals surface area contributed by atoms with Gasteiger partial charge in [-0.25, -0.2) is 4.39 Å². The number of benzene rings is 3. The maximum atomic E-state index is 13.6. The van der Waals surface area contributed by atoms with Crippen molar-refractivity contribution in [2.75, 3.05) is 41.5 Å². The number of hydrogen-bond donors (Lipinski definition) is 0. The molecule has 9 heteroatoms. The Kier molecular flexibility index (Phi) is 9.03. The molecule has 3 aromatic rings. The zero-order chi connectivity index (χ0) is 27.9. The fourth-order valence-electron chi connectivity index (χ4n) is 4.41. The molecule has 0 radical (unpaired) electrons. The van der Waals surface area contributed by atoms with Crippen LogP contribution in [-0.2, 0) is 17.6 Å². The number of nitrogens with zero attached hydrogens (tertiary/aromatic N) is 2. The maximum Gasteiger partial charge on any atom is 0.276 e. The highest BCUT2D eigenvalue weighted by Crippen LogP contribution is 2.30. The van der Waals surface area contributed by atoms with E-state index in [1.54, 1.807) is 51.5 Å². The Morgan fingerprint density at radius 3 is 1.69 bits per heavy atom. The van der Waals surface area contributed by atoms with Gasteiger partial charge in [-0.1, -0.05) is 24.3 Å². The molecule has 1 amide bonds. The van der Waals surface area contributed by atoms with E-state index in [1.165, 1.54) is 12.1 Å². The molecule has 0 aliphatic carbocycles. The molecule has 0 atom stereocenters. The van der Waals surface area contributed by atoms with Crippen LogP contribution < -0.4 is 18.9 Å². The second-order valence-electron chi connectivity index (χ2n) is 8.85. The Bertz CT molecular complexity index is 1380. The number of hydrogen-bond acceptors (Lipinski definition) is 6. The summed E-state index contributed by atoms with van der Waals surface area (Å²) in [6.45, 7) is 0.862. The highest BCUT2D eigenvalue weighted by atomic mass is 32.1. The van der Waals surface area contributed by atoms with Gasteiger partial charge in [0.05, 0.1) is 28.4 Å². The molecular weight excluding hydrogens is 519 g/mol. The highest BCUT2D eigenvalue weighted by Gasteiger charge is 2.37. The van der Waals surface area contributed by atoms with Crippen molar-refractivity contribution in [2.24, 2.45) is 0 Å². The lowest BCUT2D eigenvalue weighted by atomic mass is 10.1. The summed E-state index contributed by atoms with van der Waals surface area (Å²) < 4.78 is 35.0. The molecule has 39 heavy (non-hydrogen) atoms. The van der Waals surface area contributed by atoms with Gasteiger partial charge < -0.3 is 23.8 Å². The predicted octanol–water partition coefficient (Wildman–Crippen LogP) is 5.12. The van der Waals surface area contributed by atoms with Gasteiger partial charge in [-0.05, 0) is 84.2 Å². The molecule has 204 valence electrons. The largest absolute Gasteiger partial charge is 0.493 e. The Labute approximate surface area is 233 Å². The van der Waals surface area contributed by atoms with Gasteiger partial charge >= 0.3 is 0 Å². The van der Waals surface area contributed by atoms with Crippen LogP contribution in [-0.4, -0.2) is 62.3 Å². The van der Waals surface area contributed by atoms with E-state index in [0.29, 0.717) is 65.3 Å². The number of carbonyl (C=O) groups is 1. The smallest absolute Gasteiger partial charge is 0.276 e. The summed E-state index contributed by atoms with van der Waals surface area (Å²) >= 11 is 5.80. The molecule has 0 N–H and O–H groups in total. The van der Waals surface area contributed by atoms with Crippen LogP contribution in [0, 0.1) is 5.82 Å². The SMILES string of the molecule is COc1ccc(CCN2C(=O)/C(=C\c3ccc(F)cc3)N(CCc3ccc(OC)c(OC)c3)C2=S)cc1OC. The molecule has 4 rings (SSSR count). The first kappa shape index (κ1) is 27.9. The van der Waals surface area contributed by atoms with Gasteiger partial charge in [0.15, 0.2) is 28.1 Å². The lowest BCUT2D eigenvalue weighted by Crippen LogP contribution is -2.35.